The van der Waals surface area contributed by atoms with Crippen LogP contribution in [-0.2, 0) is 0 Å². The molecular weight excluding hydrogens is 170 g/mol. The van der Waals surface area contributed by atoms with E-state index >= 15 is 0 Å². The molecule has 0 bridgehead atoms. The predicted octanol–water partition coefficient (Wildman–Crippen LogP) is -9.86. The van der Waals surface area contributed by atoms with Crippen molar-refractivity contribution in [3.63, 3.8) is 0 Å². The van der Waals surface area contributed by atoms with E-state index in [0.29, 0.717) is 0 Å². The van der Waals surface area contributed by atoms with Crippen LogP contribution in [0.15, 0.2) is 0 Å². The molecule has 0 aromatic heterocycles. The van der Waals surface area contributed by atoms with Crippen molar-refractivity contribution in [2.45, 2.75) is 0 Å². The Labute approximate surface area is 127 Å². The molecule has 0 aromatic rings. The van der Waals surface area contributed by atoms with Gasteiger partial charge in [-0.1, -0.05) is 0 Å². The van der Waals surface area contributed by atoms with Crippen LogP contribution in [-0.4, -0.2) is 18.6 Å². The first-order valence-electron chi connectivity index (χ1n) is 0.855. The quantitative estimate of drug-likeness (QED) is 0.355. The smallest absolute Gasteiger partial charge is 0.828 e. The van der Waals surface area contributed by atoms with E-state index in [4.69, 9.17) is 19.2 Å². The van der Waals surface area contributed by atoms with Gasteiger partial charge >= 0.3 is 103 Å². The summed E-state index contributed by atoms with van der Waals surface area (Å²) in [6.07, 6.45) is 0. The van der Waals surface area contributed by atoms with Crippen molar-refractivity contribution in [2.24, 2.45) is 0 Å². The normalized spacial score (nSPS) is 8.57. The summed E-state index contributed by atoms with van der Waals surface area (Å²) in [6.45, 7) is 0. The minimum Gasteiger partial charge on any atom is -0.828 e. The van der Waals surface area contributed by atoms with Crippen LogP contribution >= 0.6 is 0 Å². The molecule has 0 unspecified atom stereocenters. The van der Waals surface area contributed by atoms with E-state index in [9.17, 15) is 0 Å². The largest absolute Gasteiger partial charge is 1.00 e. The standard InChI is InChI=1S/2K.H2O4Si/c;;1-5(2,3)4/h;;1-2H/q2*+1;-2. The van der Waals surface area contributed by atoms with Gasteiger partial charge in [0.25, 0.3) is 0 Å². The van der Waals surface area contributed by atoms with Gasteiger partial charge in [-0.05, 0) is 0 Å². The maximum Gasteiger partial charge on any atom is 1.00 e. The van der Waals surface area contributed by atoms with Gasteiger partial charge in [-0.15, -0.1) is 0 Å². The Hall–Kier alpha value is 3.33. The molecule has 0 aliphatic rings. The molecule has 0 heterocycles. The summed E-state index contributed by atoms with van der Waals surface area (Å²) >= 11 is 0. The van der Waals surface area contributed by atoms with Gasteiger partial charge in [-0.2, -0.15) is 0 Å². The summed E-state index contributed by atoms with van der Waals surface area (Å²) in [6, 6.07) is 0. The van der Waals surface area contributed by atoms with Crippen molar-refractivity contribution < 1.29 is 122 Å². The molecule has 7 heavy (non-hydrogen) atoms. The van der Waals surface area contributed by atoms with E-state index in [2.05, 4.69) is 0 Å². The second-order valence-electron chi connectivity index (χ2n) is 0.548. The third kappa shape index (κ3) is 45.2. The zero-order valence-corrected chi connectivity index (χ0v) is 11.5. The molecular formula is H2K2O4Si. The Morgan fingerprint density at radius 3 is 1.00 bits per heavy atom. The molecule has 7 heteroatoms. The van der Waals surface area contributed by atoms with Crippen LogP contribution in [0.5, 0.6) is 0 Å². The van der Waals surface area contributed by atoms with E-state index in [1.54, 1.807) is 0 Å². The summed E-state index contributed by atoms with van der Waals surface area (Å²) < 4.78 is 0. The molecule has 0 amide bonds. The SMILES string of the molecule is [K+].[K+].[O-][Si]([O-])(O)O. The first kappa shape index (κ1) is 16.7. The van der Waals surface area contributed by atoms with Crippen molar-refractivity contribution in [2.75, 3.05) is 0 Å². The van der Waals surface area contributed by atoms with Crippen LogP contribution in [0, 0.1) is 0 Å². The second-order valence-corrected chi connectivity index (χ2v) is 1.65. The van der Waals surface area contributed by atoms with E-state index < -0.39 is 9.05 Å². The summed E-state index contributed by atoms with van der Waals surface area (Å²) in [7, 11) is -5.11. The maximum absolute atomic E-state index is 8.80. The number of hydrogen-bond donors (Lipinski definition) is 2. The molecule has 0 fully saturated rings. The minimum absolute atomic E-state index is 0. The van der Waals surface area contributed by atoms with Crippen LogP contribution in [0.25, 0.3) is 0 Å². The van der Waals surface area contributed by atoms with Gasteiger partial charge in [0.1, 0.15) is 9.05 Å². The first-order chi connectivity index (χ1) is 2.00. The van der Waals surface area contributed by atoms with E-state index in [-0.39, 0.29) is 103 Å². The molecule has 0 saturated carbocycles. The van der Waals surface area contributed by atoms with Gasteiger partial charge in [0, 0.05) is 0 Å². The van der Waals surface area contributed by atoms with Crippen LogP contribution in [0.2, 0.25) is 0 Å². The molecule has 0 rings (SSSR count). The van der Waals surface area contributed by atoms with Crippen LogP contribution in [0.1, 0.15) is 0 Å². The van der Waals surface area contributed by atoms with E-state index in [1.165, 1.54) is 0 Å². The monoisotopic (exact) mass is 172 g/mol. The zero-order chi connectivity index (χ0) is 4.50. The van der Waals surface area contributed by atoms with Gasteiger partial charge in [0.2, 0.25) is 0 Å². The third-order valence-corrected chi connectivity index (χ3v) is 0. The van der Waals surface area contributed by atoms with Gasteiger partial charge < -0.3 is 19.2 Å². The van der Waals surface area contributed by atoms with E-state index in [1.807, 2.05) is 0 Å². The fourth-order valence-corrected chi connectivity index (χ4v) is 0. The summed E-state index contributed by atoms with van der Waals surface area (Å²) in [5.74, 6) is 0. The molecule has 0 radical (unpaired) electrons. The topological polar surface area (TPSA) is 86.6 Å². The average molecular weight is 172 g/mol. The van der Waals surface area contributed by atoms with Crippen molar-refractivity contribution in [3.05, 3.63) is 0 Å². The van der Waals surface area contributed by atoms with Gasteiger partial charge in [0.15, 0.2) is 0 Å². The van der Waals surface area contributed by atoms with Crippen molar-refractivity contribution >= 4 is 9.05 Å². The van der Waals surface area contributed by atoms with Crippen molar-refractivity contribution in [3.8, 4) is 0 Å². The molecule has 0 atom stereocenters. The molecule has 0 saturated heterocycles. The summed E-state index contributed by atoms with van der Waals surface area (Å²) in [5, 5.41) is 0. The second kappa shape index (κ2) is 7.44. The van der Waals surface area contributed by atoms with E-state index in [0.717, 1.165) is 0 Å². The number of hydrogen-bond acceptors (Lipinski definition) is 4. The Morgan fingerprint density at radius 2 is 1.00 bits per heavy atom. The van der Waals surface area contributed by atoms with Crippen LogP contribution < -0.4 is 112 Å². The molecule has 0 aliphatic carbocycles. The minimum atomic E-state index is -5.11. The third-order valence-electron chi connectivity index (χ3n) is 0. The Kier molecular flexibility index (Phi) is 17.8. The van der Waals surface area contributed by atoms with Gasteiger partial charge in [-0.25, -0.2) is 0 Å². The fourth-order valence-electron chi connectivity index (χ4n) is 0. The van der Waals surface area contributed by atoms with Gasteiger partial charge in [0.05, 0.1) is 0 Å². The Morgan fingerprint density at radius 1 is 1.00 bits per heavy atom. The summed E-state index contributed by atoms with van der Waals surface area (Å²) in [4.78, 5) is 31.8. The molecule has 4 nitrogen and oxygen atoms in total. The Balaban J connectivity index is -0.0000000800. The molecule has 0 aromatic carbocycles. The van der Waals surface area contributed by atoms with Crippen LogP contribution in [0.4, 0.5) is 0 Å². The Bertz CT molecular complexity index is 25.2. The predicted molar refractivity (Wildman–Crippen MR) is 10.2 cm³/mol. The average Bonchev–Trinajstić information content (AvgIpc) is 0.722. The molecule has 32 valence electrons. The zero-order valence-electron chi connectivity index (χ0n) is 4.21. The van der Waals surface area contributed by atoms with Crippen LogP contribution in [0.3, 0.4) is 0 Å². The van der Waals surface area contributed by atoms with Crippen molar-refractivity contribution in [1.29, 1.82) is 0 Å². The maximum atomic E-state index is 8.80. The fraction of sp³-hybridized carbons (Fsp3) is 0. The first-order valence-corrected chi connectivity index (χ1v) is 2.57. The summed E-state index contributed by atoms with van der Waals surface area (Å²) in [5.41, 5.74) is 0. The number of rotatable bonds is 0. The van der Waals surface area contributed by atoms with Gasteiger partial charge in [-0.3, -0.25) is 0 Å². The van der Waals surface area contributed by atoms with Crippen molar-refractivity contribution in [1.82, 2.24) is 0 Å². The molecule has 0 spiro atoms. The molecule has 2 N–H and O–H groups in total. The molecule has 0 aliphatic heterocycles.